The molecule has 0 N–H and O–H groups in total. The van der Waals surface area contributed by atoms with Crippen LogP contribution in [0.4, 0.5) is 0 Å². The largest absolute Gasteiger partial charge is 0.462 e. The number of carbonyl (C=O) groups is 3. The smallest absolute Gasteiger partial charge is 0.309 e. The average molecular weight is 1090 g/mol. The highest BCUT2D eigenvalue weighted by atomic mass is 16.6. The first-order valence-corrected chi connectivity index (χ1v) is 31.3. The van der Waals surface area contributed by atoms with Gasteiger partial charge < -0.3 is 14.2 Å². The molecule has 0 aromatic rings. The highest BCUT2D eigenvalue weighted by Crippen LogP contribution is 2.14. The summed E-state index contributed by atoms with van der Waals surface area (Å²) in [7, 11) is 0. The van der Waals surface area contributed by atoms with Crippen LogP contribution < -0.4 is 0 Å². The molecule has 0 rings (SSSR count). The van der Waals surface area contributed by atoms with Crippen LogP contribution >= 0.6 is 0 Å². The summed E-state index contributed by atoms with van der Waals surface area (Å²) in [6, 6.07) is 0. The number of hydrogen-bond acceptors (Lipinski definition) is 6. The van der Waals surface area contributed by atoms with Crippen LogP contribution in [0, 0.1) is 0 Å². The normalized spacial score (nSPS) is 13.4. The minimum absolute atomic E-state index is 0.109. The van der Waals surface area contributed by atoms with Crippen LogP contribution in [0.5, 0.6) is 0 Å². The molecule has 0 radical (unpaired) electrons. The highest BCUT2D eigenvalue weighted by molar-refractivity contribution is 5.72. The molecule has 0 bridgehead atoms. The predicted molar refractivity (Wildman–Crippen MR) is 343 cm³/mol. The maximum Gasteiger partial charge on any atom is 0.309 e. The lowest BCUT2D eigenvalue weighted by molar-refractivity contribution is -0.166. The molecule has 0 aliphatic heterocycles. The van der Waals surface area contributed by atoms with Gasteiger partial charge in [-0.2, -0.15) is 0 Å². The van der Waals surface area contributed by atoms with E-state index in [0.717, 1.165) is 122 Å². The Morgan fingerprint density at radius 1 is 0.278 bits per heavy atom. The summed E-state index contributed by atoms with van der Waals surface area (Å²) >= 11 is 0. The van der Waals surface area contributed by atoms with Gasteiger partial charge in [0.25, 0.3) is 0 Å². The van der Waals surface area contributed by atoms with E-state index in [1.807, 2.05) is 6.08 Å². The quantitative estimate of drug-likeness (QED) is 0.0261. The standard InChI is InChI=1S/C73H112O6/c1-4-7-10-13-16-19-22-25-28-30-32-33-34-35-36-37-38-39-41-42-45-48-51-54-57-60-63-66-72(75)78-69-70(68-77-71(74)65-62-59-56-53-50-47-44-27-24-21-18-15-12-9-6-3)79-73(76)67-64-61-58-55-52-49-46-43-40-31-29-26-23-20-17-14-11-8-5-2/h7,9-10,12,16-21,25-29,32-33,35-36,38-39,42,44-45,50-51,53-54,59,62,70H,4-6,8,11,13-15,22-24,30-31,34,37,40-41,43,46-49,52,55-58,60-61,63-69H2,1-3H3/b10-7-,12-9-,19-16-,20-17-,21-18-,28-25-,29-26-,33-32-,36-35-,39-38-,44-27-,45-42-,53-50-,54-51-,62-59-. The molecule has 0 aromatic heterocycles. The summed E-state index contributed by atoms with van der Waals surface area (Å²) in [4.78, 5) is 38.2. The minimum atomic E-state index is -0.850. The molecule has 1 atom stereocenters. The van der Waals surface area contributed by atoms with Crippen molar-refractivity contribution in [2.24, 2.45) is 0 Å². The Hall–Kier alpha value is -5.49. The molecular weight excluding hydrogens is 973 g/mol. The summed E-state index contributed by atoms with van der Waals surface area (Å²) in [5.41, 5.74) is 0. The fraction of sp³-hybridized carbons (Fsp3) is 0.548. The van der Waals surface area contributed by atoms with Crippen molar-refractivity contribution < 1.29 is 28.6 Å². The SMILES string of the molecule is CC/C=C\C/C=C\C/C=C\C/C=C\C/C=C\C/C=C\C/C=C\C/C=C\CCCCC(=O)OCC(COC(=O)C/C=C\C/C=C\C/C=C\C/C=C\C/C=C\CC)OC(=O)CCCCCCCCCCC/C=C\C/C=C\CCCCC. The van der Waals surface area contributed by atoms with E-state index in [4.69, 9.17) is 14.2 Å². The molecule has 0 aliphatic rings. The molecule has 1 unspecified atom stereocenters. The van der Waals surface area contributed by atoms with E-state index in [2.05, 4.69) is 191 Å². The predicted octanol–water partition coefficient (Wildman–Crippen LogP) is 21.7. The second kappa shape index (κ2) is 65.0. The van der Waals surface area contributed by atoms with Crippen LogP contribution in [0.3, 0.4) is 0 Å². The Bertz CT molecular complexity index is 1870. The zero-order valence-corrected chi connectivity index (χ0v) is 50.3. The highest BCUT2D eigenvalue weighted by Gasteiger charge is 2.19. The van der Waals surface area contributed by atoms with Crippen LogP contribution in [-0.4, -0.2) is 37.2 Å². The number of carbonyl (C=O) groups excluding carboxylic acids is 3. The van der Waals surface area contributed by atoms with Crippen molar-refractivity contribution in [3.8, 4) is 0 Å². The molecule has 0 fully saturated rings. The number of esters is 3. The summed E-state index contributed by atoms with van der Waals surface area (Å²) in [6.45, 7) is 6.25. The summed E-state index contributed by atoms with van der Waals surface area (Å²) < 4.78 is 16.8. The van der Waals surface area contributed by atoms with Gasteiger partial charge in [-0.1, -0.05) is 261 Å². The molecule has 0 aromatic carbocycles. The lowest BCUT2D eigenvalue weighted by Crippen LogP contribution is -2.30. The third-order valence-electron chi connectivity index (χ3n) is 12.4. The summed E-state index contributed by atoms with van der Waals surface area (Å²) in [5.74, 6) is -1.13. The van der Waals surface area contributed by atoms with Gasteiger partial charge in [0, 0.05) is 12.8 Å². The van der Waals surface area contributed by atoms with Gasteiger partial charge in [0.1, 0.15) is 13.2 Å². The van der Waals surface area contributed by atoms with Gasteiger partial charge in [-0.05, 0) is 141 Å². The van der Waals surface area contributed by atoms with E-state index in [0.29, 0.717) is 6.42 Å². The van der Waals surface area contributed by atoms with Crippen LogP contribution in [0.1, 0.15) is 239 Å². The molecule has 0 aliphatic carbocycles. The van der Waals surface area contributed by atoms with Crippen molar-refractivity contribution in [3.63, 3.8) is 0 Å². The number of unbranched alkanes of at least 4 members (excludes halogenated alkanes) is 14. The summed E-state index contributed by atoms with van der Waals surface area (Å²) in [5, 5.41) is 0. The molecular formula is C73H112O6. The van der Waals surface area contributed by atoms with Gasteiger partial charge in [0.05, 0.1) is 6.42 Å². The molecule has 0 saturated heterocycles. The van der Waals surface area contributed by atoms with Crippen LogP contribution in [0.15, 0.2) is 182 Å². The fourth-order valence-corrected chi connectivity index (χ4v) is 7.80. The van der Waals surface area contributed by atoms with Crippen LogP contribution in [0.2, 0.25) is 0 Å². The number of allylic oxidation sites excluding steroid dienone is 29. The van der Waals surface area contributed by atoms with Gasteiger partial charge >= 0.3 is 17.9 Å². The Labute approximate surface area is 484 Å². The maximum atomic E-state index is 12.9. The molecule has 0 amide bonds. The lowest BCUT2D eigenvalue weighted by Gasteiger charge is -2.18. The third kappa shape index (κ3) is 63.2. The van der Waals surface area contributed by atoms with Crippen molar-refractivity contribution in [2.45, 2.75) is 245 Å². The van der Waals surface area contributed by atoms with Gasteiger partial charge in [0.2, 0.25) is 0 Å². The minimum Gasteiger partial charge on any atom is -0.462 e. The molecule has 6 heteroatoms. The van der Waals surface area contributed by atoms with E-state index < -0.39 is 12.1 Å². The molecule has 0 saturated carbocycles. The van der Waals surface area contributed by atoms with Gasteiger partial charge in [-0.25, -0.2) is 0 Å². The molecule has 79 heavy (non-hydrogen) atoms. The van der Waals surface area contributed by atoms with Gasteiger partial charge in [0.15, 0.2) is 6.10 Å². The average Bonchev–Trinajstić information content (AvgIpc) is 3.45. The summed E-state index contributed by atoms with van der Waals surface area (Å²) in [6.07, 6.45) is 97.7. The van der Waals surface area contributed by atoms with Gasteiger partial charge in [-0.15, -0.1) is 0 Å². The van der Waals surface area contributed by atoms with Crippen LogP contribution in [0.25, 0.3) is 0 Å². The molecule has 6 nitrogen and oxygen atoms in total. The van der Waals surface area contributed by atoms with Crippen molar-refractivity contribution in [3.05, 3.63) is 182 Å². The number of hydrogen-bond donors (Lipinski definition) is 0. The van der Waals surface area contributed by atoms with Crippen molar-refractivity contribution in [1.82, 2.24) is 0 Å². The Kier molecular flexibility index (Phi) is 60.5. The topological polar surface area (TPSA) is 78.9 Å². The zero-order valence-electron chi connectivity index (χ0n) is 50.3. The third-order valence-corrected chi connectivity index (χ3v) is 12.4. The van der Waals surface area contributed by atoms with E-state index in [9.17, 15) is 14.4 Å². The Balaban J connectivity index is 4.56. The Morgan fingerprint density at radius 3 is 0.911 bits per heavy atom. The van der Waals surface area contributed by atoms with E-state index in [1.165, 1.54) is 70.6 Å². The van der Waals surface area contributed by atoms with E-state index in [1.54, 1.807) is 6.08 Å². The monoisotopic (exact) mass is 1080 g/mol. The maximum absolute atomic E-state index is 12.9. The van der Waals surface area contributed by atoms with E-state index >= 15 is 0 Å². The van der Waals surface area contributed by atoms with Crippen LogP contribution in [-0.2, 0) is 28.6 Å². The van der Waals surface area contributed by atoms with E-state index in [-0.39, 0.29) is 44.4 Å². The molecule has 0 heterocycles. The number of ether oxygens (including phenoxy) is 3. The van der Waals surface area contributed by atoms with Crippen molar-refractivity contribution in [1.29, 1.82) is 0 Å². The number of rotatable bonds is 54. The first-order chi connectivity index (χ1) is 39.0. The second-order valence-corrected chi connectivity index (χ2v) is 19.9. The van der Waals surface area contributed by atoms with Crippen molar-refractivity contribution in [2.75, 3.05) is 13.2 Å². The first kappa shape index (κ1) is 73.5. The molecule has 0 spiro atoms. The van der Waals surface area contributed by atoms with Crippen molar-refractivity contribution >= 4 is 17.9 Å². The second-order valence-electron chi connectivity index (χ2n) is 19.9. The Morgan fingerprint density at radius 2 is 0.544 bits per heavy atom. The molecule has 440 valence electrons. The first-order valence-electron chi connectivity index (χ1n) is 31.3. The van der Waals surface area contributed by atoms with Gasteiger partial charge in [-0.3, -0.25) is 14.4 Å². The lowest BCUT2D eigenvalue weighted by atomic mass is 10.1. The fourth-order valence-electron chi connectivity index (χ4n) is 7.80. The zero-order chi connectivity index (χ0) is 57.1.